The van der Waals surface area contributed by atoms with Gasteiger partial charge in [-0.25, -0.2) is 9.97 Å². The molecule has 0 bridgehead atoms. The Balaban J connectivity index is 2.22. The van der Waals surface area contributed by atoms with Crippen LogP contribution in [-0.2, 0) is 4.79 Å². The van der Waals surface area contributed by atoms with Gasteiger partial charge in [-0.3, -0.25) is 4.79 Å². The second kappa shape index (κ2) is 6.06. The van der Waals surface area contributed by atoms with E-state index in [1.807, 2.05) is 4.90 Å². The molecule has 1 unspecified atom stereocenters. The maximum atomic E-state index is 11.7. The number of hydrogen-bond acceptors (Lipinski definition) is 5. The van der Waals surface area contributed by atoms with Gasteiger partial charge < -0.3 is 15.0 Å². The van der Waals surface area contributed by atoms with Gasteiger partial charge in [-0.1, -0.05) is 11.6 Å². The number of rotatable bonds is 3. The monoisotopic (exact) mass is 284 g/mol. The lowest BCUT2D eigenvalue weighted by Gasteiger charge is -2.33. The number of halogens is 1. The number of anilines is 1. The topological polar surface area (TPSA) is 67.4 Å². The first-order valence-corrected chi connectivity index (χ1v) is 6.56. The van der Waals surface area contributed by atoms with Crippen molar-refractivity contribution in [2.24, 2.45) is 5.92 Å². The van der Waals surface area contributed by atoms with E-state index >= 15 is 0 Å². The molecule has 1 aliphatic heterocycles. The molecule has 6 nitrogen and oxygen atoms in total. The first-order valence-electron chi connectivity index (χ1n) is 6.18. The number of piperidine rings is 1. The summed E-state index contributed by atoms with van der Waals surface area (Å²) in [5.41, 5.74) is 0. The second-order valence-electron chi connectivity index (χ2n) is 4.42. The molecule has 1 N–H and O–H groups in total. The summed E-state index contributed by atoms with van der Waals surface area (Å²) in [4.78, 5) is 21.9. The SMILES string of the molecule is CNC(=O)C1CCCN(c2ncnc(Cl)c2OC)C1. The largest absolute Gasteiger partial charge is 0.490 e. The second-order valence-corrected chi connectivity index (χ2v) is 4.78. The number of amides is 1. The highest BCUT2D eigenvalue weighted by molar-refractivity contribution is 6.31. The van der Waals surface area contributed by atoms with Gasteiger partial charge >= 0.3 is 0 Å². The standard InChI is InChI=1S/C12H17ClN4O2/c1-14-12(18)8-4-3-5-17(6-8)11-9(19-2)10(13)15-7-16-11/h7-8H,3-6H2,1-2H3,(H,14,18). The quantitative estimate of drug-likeness (QED) is 0.842. The van der Waals surface area contributed by atoms with Crippen LogP contribution in [0, 0.1) is 5.92 Å². The van der Waals surface area contributed by atoms with Crippen molar-refractivity contribution in [2.45, 2.75) is 12.8 Å². The van der Waals surface area contributed by atoms with E-state index in [-0.39, 0.29) is 17.0 Å². The van der Waals surface area contributed by atoms with Gasteiger partial charge in [-0.05, 0) is 12.8 Å². The van der Waals surface area contributed by atoms with Gasteiger partial charge in [0.1, 0.15) is 6.33 Å². The number of methoxy groups -OCH3 is 1. The molecule has 2 rings (SSSR count). The Morgan fingerprint density at radius 2 is 2.37 bits per heavy atom. The van der Waals surface area contributed by atoms with E-state index in [4.69, 9.17) is 16.3 Å². The van der Waals surface area contributed by atoms with Crippen LogP contribution in [0.5, 0.6) is 5.75 Å². The van der Waals surface area contributed by atoms with Crippen LogP contribution in [0.25, 0.3) is 0 Å². The van der Waals surface area contributed by atoms with Crippen LogP contribution in [0.2, 0.25) is 5.15 Å². The fourth-order valence-corrected chi connectivity index (χ4v) is 2.54. The lowest BCUT2D eigenvalue weighted by atomic mass is 9.97. The molecule has 1 saturated heterocycles. The Morgan fingerprint density at radius 3 is 3.05 bits per heavy atom. The molecule has 1 aromatic rings. The Labute approximate surface area is 117 Å². The summed E-state index contributed by atoms with van der Waals surface area (Å²) in [5, 5.41) is 2.98. The molecule has 0 radical (unpaired) electrons. The summed E-state index contributed by atoms with van der Waals surface area (Å²) in [5.74, 6) is 1.14. The molecule has 104 valence electrons. The maximum absolute atomic E-state index is 11.7. The lowest BCUT2D eigenvalue weighted by Crippen LogP contribution is -2.42. The molecule has 1 amide bonds. The zero-order valence-electron chi connectivity index (χ0n) is 11.0. The maximum Gasteiger partial charge on any atom is 0.224 e. The van der Waals surface area contributed by atoms with Crippen LogP contribution in [0.3, 0.4) is 0 Å². The van der Waals surface area contributed by atoms with Crippen molar-refractivity contribution in [3.8, 4) is 5.75 Å². The molecular weight excluding hydrogens is 268 g/mol. The van der Waals surface area contributed by atoms with Gasteiger partial charge in [0.25, 0.3) is 0 Å². The van der Waals surface area contributed by atoms with Crippen molar-refractivity contribution < 1.29 is 9.53 Å². The molecule has 0 aliphatic carbocycles. The third kappa shape index (κ3) is 2.89. The Bertz CT molecular complexity index is 469. The molecule has 1 fully saturated rings. The lowest BCUT2D eigenvalue weighted by molar-refractivity contribution is -0.124. The van der Waals surface area contributed by atoms with E-state index in [0.29, 0.717) is 18.1 Å². The van der Waals surface area contributed by atoms with Gasteiger partial charge in [0.2, 0.25) is 5.91 Å². The molecule has 7 heteroatoms. The average Bonchev–Trinajstić information content (AvgIpc) is 2.46. The third-order valence-corrected chi connectivity index (χ3v) is 3.55. The first kappa shape index (κ1) is 13.9. The van der Waals surface area contributed by atoms with E-state index in [0.717, 1.165) is 19.4 Å². The predicted octanol–water partition coefficient (Wildman–Crippen LogP) is 1.10. The Kier molecular flexibility index (Phi) is 4.42. The number of aromatic nitrogens is 2. The van der Waals surface area contributed by atoms with Crippen molar-refractivity contribution in [1.29, 1.82) is 0 Å². The van der Waals surface area contributed by atoms with Crippen LogP contribution in [0.15, 0.2) is 6.33 Å². The third-order valence-electron chi connectivity index (χ3n) is 3.28. The summed E-state index contributed by atoms with van der Waals surface area (Å²) >= 11 is 5.99. The molecular formula is C12H17ClN4O2. The highest BCUT2D eigenvalue weighted by Gasteiger charge is 2.28. The van der Waals surface area contributed by atoms with Gasteiger partial charge in [0, 0.05) is 20.1 Å². The summed E-state index contributed by atoms with van der Waals surface area (Å²) in [7, 11) is 3.19. The van der Waals surface area contributed by atoms with E-state index in [1.54, 1.807) is 7.05 Å². The van der Waals surface area contributed by atoms with Crippen LogP contribution >= 0.6 is 11.6 Å². The fraction of sp³-hybridized carbons (Fsp3) is 0.583. The summed E-state index contributed by atoms with van der Waals surface area (Å²) in [6, 6.07) is 0. The summed E-state index contributed by atoms with van der Waals surface area (Å²) < 4.78 is 5.25. The van der Waals surface area contributed by atoms with Gasteiger partial charge in [-0.15, -0.1) is 0 Å². The Hall–Kier alpha value is -1.56. The molecule has 1 atom stereocenters. The minimum absolute atomic E-state index is 0.0304. The number of carbonyl (C=O) groups is 1. The van der Waals surface area contributed by atoms with Crippen LogP contribution in [0.1, 0.15) is 12.8 Å². The van der Waals surface area contributed by atoms with Gasteiger partial charge in [0.05, 0.1) is 13.0 Å². The smallest absolute Gasteiger partial charge is 0.224 e. The summed E-state index contributed by atoms with van der Waals surface area (Å²) in [6.45, 7) is 1.45. The van der Waals surface area contributed by atoms with E-state index in [9.17, 15) is 4.79 Å². The fourth-order valence-electron chi connectivity index (χ4n) is 2.33. The molecule has 2 heterocycles. The Morgan fingerprint density at radius 1 is 1.58 bits per heavy atom. The van der Waals surface area contributed by atoms with Crippen molar-refractivity contribution in [3.05, 3.63) is 11.5 Å². The van der Waals surface area contributed by atoms with Crippen LogP contribution in [-0.4, -0.2) is 43.1 Å². The van der Waals surface area contributed by atoms with Crippen molar-refractivity contribution in [2.75, 3.05) is 32.1 Å². The zero-order valence-corrected chi connectivity index (χ0v) is 11.8. The molecule has 1 aliphatic rings. The normalized spacial score (nSPS) is 19.1. The predicted molar refractivity (Wildman–Crippen MR) is 72.6 cm³/mol. The van der Waals surface area contributed by atoms with Gasteiger partial charge in [0.15, 0.2) is 16.7 Å². The van der Waals surface area contributed by atoms with Crippen LogP contribution in [0.4, 0.5) is 5.82 Å². The number of carbonyl (C=O) groups excluding carboxylic acids is 1. The van der Waals surface area contributed by atoms with E-state index < -0.39 is 0 Å². The molecule has 0 aromatic carbocycles. The highest BCUT2D eigenvalue weighted by Crippen LogP contribution is 2.33. The number of nitrogens with zero attached hydrogens (tertiary/aromatic N) is 3. The van der Waals surface area contributed by atoms with E-state index in [2.05, 4.69) is 15.3 Å². The minimum atomic E-state index is -0.0304. The molecule has 19 heavy (non-hydrogen) atoms. The first-order chi connectivity index (χ1) is 9.17. The number of ether oxygens (including phenoxy) is 1. The van der Waals surface area contributed by atoms with Gasteiger partial charge in [-0.2, -0.15) is 0 Å². The van der Waals surface area contributed by atoms with Crippen molar-refractivity contribution in [1.82, 2.24) is 15.3 Å². The average molecular weight is 285 g/mol. The molecule has 0 saturated carbocycles. The highest BCUT2D eigenvalue weighted by atomic mass is 35.5. The molecule has 0 spiro atoms. The number of nitrogens with one attached hydrogen (secondary N) is 1. The van der Waals surface area contributed by atoms with Crippen molar-refractivity contribution >= 4 is 23.3 Å². The molecule has 1 aromatic heterocycles. The number of hydrogen-bond donors (Lipinski definition) is 1. The van der Waals surface area contributed by atoms with Crippen LogP contribution < -0.4 is 15.0 Å². The van der Waals surface area contributed by atoms with E-state index in [1.165, 1.54) is 13.4 Å². The zero-order chi connectivity index (χ0) is 13.8. The minimum Gasteiger partial charge on any atom is -0.490 e. The summed E-state index contributed by atoms with van der Waals surface area (Å²) in [6.07, 6.45) is 3.23. The van der Waals surface area contributed by atoms with Crippen molar-refractivity contribution in [3.63, 3.8) is 0 Å².